The average Bonchev–Trinajstić information content (AvgIpc) is 3.53. The molecular weight excluding hydrogens is 490 g/mol. The molecule has 2 atom stereocenters. The quantitative estimate of drug-likeness (QED) is 0.276. The highest BCUT2D eigenvalue weighted by Crippen LogP contribution is 2.43. The molecule has 9 heteroatoms. The van der Waals surface area contributed by atoms with Crippen molar-refractivity contribution in [2.75, 3.05) is 4.90 Å². The summed E-state index contributed by atoms with van der Waals surface area (Å²) < 4.78 is 6.26. The van der Waals surface area contributed by atoms with Gasteiger partial charge in [0.25, 0.3) is 0 Å². The Hall–Kier alpha value is -4.50. The lowest BCUT2D eigenvalue weighted by Gasteiger charge is -2.26. The van der Waals surface area contributed by atoms with Crippen LogP contribution in [0, 0.1) is 0 Å². The molecule has 0 unspecified atom stereocenters. The lowest BCUT2D eigenvalue weighted by atomic mass is 10.0. The van der Waals surface area contributed by atoms with Gasteiger partial charge in [-0.25, -0.2) is 9.59 Å². The van der Waals surface area contributed by atoms with E-state index in [1.165, 1.54) is 17.7 Å². The van der Waals surface area contributed by atoms with Crippen molar-refractivity contribution in [1.82, 2.24) is 10.3 Å². The van der Waals surface area contributed by atoms with E-state index in [1.54, 1.807) is 18.3 Å². The summed E-state index contributed by atoms with van der Waals surface area (Å²) in [5, 5.41) is 22.8. The van der Waals surface area contributed by atoms with Crippen LogP contribution < -0.4 is 10.2 Å². The SMILES string of the molecule is CCc1ccc(N2C(=S)N[C@H](c3ccccn3)[C@H]2c2ccc(-c3cc(C(=O)O)cc(C(=O)O)c3)o2)cc1. The van der Waals surface area contributed by atoms with Gasteiger partial charge >= 0.3 is 11.9 Å². The molecule has 4 aromatic rings. The fourth-order valence-electron chi connectivity index (χ4n) is 4.50. The number of furan rings is 1. The highest BCUT2D eigenvalue weighted by molar-refractivity contribution is 7.80. The molecule has 186 valence electrons. The largest absolute Gasteiger partial charge is 0.478 e. The maximum Gasteiger partial charge on any atom is 0.335 e. The zero-order valence-corrected chi connectivity index (χ0v) is 20.6. The van der Waals surface area contributed by atoms with Crippen LogP contribution in [0.25, 0.3) is 11.3 Å². The van der Waals surface area contributed by atoms with Crippen molar-refractivity contribution >= 4 is 35.0 Å². The van der Waals surface area contributed by atoms with Crippen molar-refractivity contribution in [3.8, 4) is 11.3 Å². The first kappa shape index (κ1) is 24.2. The van der Waals surface area contributed by atoms with Gasteiger partial charge in [-0.3, -0.25) is 4.98 Å². The molecule has 2 aromatic carbocycles. The van der Waals surface area contributed by atoms with Crippen molar-refractivity contribution in [3.63, 3.8) is 0 Å². The number of thiocarbonyl (C=S) groups is 1. The van der Waals surface area contributed by atoms with E-state index in [0.717, 1.165) is 23.9 Å². The summed E-state index contributed by atoms with van der Waals surface area (Å²) in [6, 6.07) is 20.5. The Morgan fingerprint density at radius 2 is 1.70 bits per heavy atom. The van der Waals surface area contributed by atoms with Crippen molar-refractivity contribution in [2.45, 2.75) is 25.4 Å². The van der Waals surface area contributed by atoms with Gasteiger partial charge in [-0.05, 0) is 78.8 Å². The number of carboxylic acids is 2. The number of benzene rings is 2. The Labute approximate surface area is 218 Å². The number of rotatable bonds is 7. The van der Waals surface area contributed by atoms with Crippen LogP contribution in [0.2, 0.25) is 0 Å². The lowest BCUT2D eigenvalue weighted by molar-refractivity contribution is 0.0696. The summed E-state index contributed by atoms with van der Waals surface area (Å²) >= 11 is 5.74. The Bertz CT molecular complexity index is 1450. The number of anilines is 1. The molecule has 5 rings (SSSR count). The third-order valence-electron chi connectivity index (χ3n) is 6.35. The molecule has 0 spiro atoms. The molecule has 0 saturated carbocycles. The lowest BCUT2D eigenvalue weighted by Crippen LogP contribution is -2.29. The molecule has 1 saturated heterocycles. The number of hydrogen-bond donors (Lipinski definition) is 3. The first-order valence-corrected chi connectivity index (χ1v) is 12.1. The van der Waals surface area contributed by atoms with E-state index in [1.807, 2.05) is 35.2 Å². The van der Waals surface area contributed by atoms with E-state index < -0.39 is 18.0 Å². The number of pyridine rings is 1. The van der Waals surface area contributed by atoms with Crippen LogP contribution in [0.5, 0.6) is 0 Å². The molecule has 0 aliphatic carbocycles. The molecule has 3 heterocycles. The molecule has 3 N–H and O–H groups in total. The second kappa shape index (κ2) is 9.87. The molecule has 8 nitrogen and oxygen atoms in total. The van der Waals surface area contributed by atoms with E-state index in [2.05, 4.69) is 29.4 Å². The van der Waals surface area contributed by atoms with Crippen LogP contribution in [-0.2, 0) is 6.42 Å². The minimum Gasteiger partial charge on any atom is -0.478 e. The highest BCUT2D eigenvalue weighted by Gasteiger charge is 2.42. The molecule has 2 aromatic heterocycles. The maximum absolute atomic E-state index is 11.6. The summed E-state index contributed by atoms with van der Waals surface area (Å²) in [7, 11) is 0. The molecule has 1 fully saturated rings. The maximum atomic E-state index is 11.6. The van der Waals surface area contributed by atoms with Gasteiger partial charge in [-0.15, -0.1) is 0 Å². The van der Waals surface area contributed by atoms with Crippen LogP contribution >= 0.6 is 12.2 Å². The summed E-state index contributed by atoms with van der Waals surface area (Å²) in [4.78, 5) is 29.7. The average molecular weight is 514 g/mol. The fourth-order valence-corrected chi connectivity index (χ4v) is 4.84. The van der Waals surface area contributed by atoms with E-state index >= 15 is 0 Å². The van der Waals surface area contributed by atoms with E-state index in [0.29, 0.717) is 22.2 Å². The predicted octanol–water partition coefficient (Wildman–Crippen LogP) is 5.48. The van der Waals surface area contributed by atoms with Gasteiger partial charge in [0, 0.05) is 17.4 Å². The van der Waals surface area contributed by atoms with Gasteiger partial charge in [-0.1, -0.05) is 25.1 Å². The zero-order chi connectivity index (χ0) is 26.1. The third-order valence-corrected chi connectivity index (χ3v) is 6.67. The minimum absolute atomic E-state index is 0.138. The van der Waals surface area contributed by atoms with E-state index in [9.17, 15) is 19.8 Å². The Morgan fingerprint density at radius 1 is 1.00 bits per heavy atom. The predicted molar refractivity (Wildman–Crippen MR) is 142 cm³/mol. The van der Waals surface area contributed by atoms with Crippen LogP contribution in [0.1, 0.15) is 56.7 Å². The van der Waals surface area contributed by atoms with Gasteiger partial charge in [0.05, 0.1) is 22.9 Å². The van der Waals surface area contributed by atoms with Crippen LogP contribution in [0.3, 0.4) is 0 Å². The molecule has 0 radical (unpaired) electrons. The first-order chi connectivity index (χ1) is 17.9. The molecule has 0 bridgehead atoms. The van der Waals surface area contributed by atoms with Gasteiger partial charge < -0.3 is 24.8 Å². The summed E-state index contributed by atoms with van der Waals surface area (Å²) in [5.41, 5.74) is 2.94. The topological polar surface area (TPSA) is 116 Å². The first-order valence-electron chi connectivity index (χ1n) is 11.7. The smallest absolute Gasteiger partial charge is 0.335 e. The van der Waals surface area contributed by atoms with E-state index in [-0.39, 0.29) is 17.2 Å². The fraction of sp³-hybridized carbons (Fsp3) is 0.143. The van der Waals surface area contributed by atoms with Gasteiger partial charge in [-0.2, -0.15) is 0 Å². The van der Waals surface area contributed by atoms with Crippen molar-refractivity contribution < 1.29 is 24.2 Å². The highest BCUT2D eigenvalue weighted by atomic mass is 32.1. The van der Waals surface area contributed by atoms with Crippen molar-refractivity contribution in [1.29, 1.82) is 0 Å². The van der Waals surface area contributed by atoms with Crippen LogP contribution in [-0.4, -0.2) is 32.2 Å². The molecular formula is C28H23N3O5S. The number of aromatic nitrogens is 1. The standard InChI is InChI=1S/C28H23N3O5S/c1-2-16-6-8-20(9-7-16)31-25(24(30-28(31)37)21-5-3-4-12-29-21)23-11-10-22(36-23)17-13-18(26(32)33)15-19(14-17)27(34)35/h3-15,24-25H,2H2,1H3,(H,30,37)(H,32,33)(H,34,35)/t24-,25-/m1/s1. The Morgan fingerprint density at radius 3 is 2.30 bits per heavy atom. The molecule has 0 amide bonds. The molecule has 1 aliphatic heterocycles. The van der Waals surface area contributed by atoms with Crippen LogP contribution in [0.4, 0.5) is 5.69 Å². The van der Waals surface area contributed by atoms with Crippen molar-refractivity contribution in [3.05, 3.63) is 107 Å². The van der Waals surface area contributed by atoms with Crippen LogP contribution in [0.15, 0.2) is 83.4 Å². The summed E-state index contributed by atoms with van der Waals surface area (Å²) in [5.74, 6) is -1.54. The second-order valence-corrected chi connectivity index (χ2v) is 9.01. The normalized spacial score (nSPS) is 17.0. The molecule has 37 heavy (non-hydrogen) atoms. The van der Waals surface area contributed by atoms with Gasteiger partial charge in [0.2, 0.25) is 0 Å². The van der Waals surface area contributed by atoms with Gasteiger partial charge in [0.15, 0.2) is 5.11 Å². The molecule has 1 aliphatic rings. The number of nitrogens with zero attached hydrogens (tertiary/aromatic N) is 2. The third kappa shape index (κ3) is 4.68. The minimum atomic E-state index is -1.22. The van der Waals surface area contributed by atoms with Gasteiger partial charge in [0.1, 0.15) is 17.6 Å². The van der Waals surface area contributed by atoms with E-state index in [4.69, 9.17) is 16.6 Å². The monoisotopic (exact) mass is 513 g/mol. The Kier molecular flexibility index (Phi) is 6.45. The Balaban J connectivity index is 1.60. The number of nitrogens with one attached hydrogen (secondary N) is 1. The summed E-state index contributed by atoms with van der Waals surface area (Å²) in [6.07, 6.45) is 2.63. The number of aryl methyl sites for hydroxylation is 1. The number of aromatic carboxylic acids is 2. The summed E-state index contributed by atoms with van der Waals surface area (Å²) in [6.45, 7) is 2.09. The number of hydrogen-bond acceptors (Lipinski definition) is 5. The number of carboxylic acid groups (broad SMARTS) is 2. The van der Waals surface area contributed by atoms with Crippen molar-refractivity contribution in [2.24, 2.45) is 0 Å². The number of carbonyl (C=O) groups is 2. The second-order valence-electron chi connectivity index (χ2n) is 8.63. The zero-order valence-electron chi connectivity index (χ0n) is 19.8.